The minimum absolute atomic E-state index is 0.0216. The number of nitrogens with one attached hydrogen (secondary N) is 2. The molecule has 1 amide bonds. The van der Waals surface area contributed by atoms with E-state index in [2.05, 4.69) is 19.8 Å². The molecule has 4 rings (SSSR count). The molecule has 0 atom stereocenters. The number of amidine groups is 1. The second kappa shape index (κ2) is 12.7. The lowest BCUT2D eigenvalue weighted by atomic mass is 9.89. The number of sulfonamides is 2. The Bertz CT molecular complexity index is 1630. The molecule has 11 nitrogen and oxygen atoms in total. The Hall–Kier alpha value is -3.31. The van der Waals surface area contributed by atoms with E-state index in [1.165, 1.54) is 40.7 Å². The van der Waals surface area contributed by atoms with Gasteiger partial charge in [-0.1, -0.05) is 18.2 Å². The van der Waals surface area contributed by atoms with Crippen LogP contribution in [0.3, 0.4) is 0 Å². The fraction of sp³-hybridized carbons (Fsp3) is 0.407. The van der Waals surface area contributed by atoms with Crippen molar-refractivity contribution in [2.24, 2.45) is 4.99 Å². The van der Waals surface area contributed by atoms with Gasteiger partial charge in [0.05, 0.1) is 4.90 Å². The van der Waals surface area contributed by atoms with Gasteiger partial charge in [0.2, 0.25) is 20.0 Å². The lowest BCUT2D eigenvalue weighted by molar-refractivity contribution is -0.274. The van der Waals surface area contributed by atoms with Crippen LogP contribution in [0.2, 0.25) is 0 Å². The van der Waals surface area contributed by atoms with Crippen LogP contribution in [0.1, 0.15) is 42.4 Å². The van der Waals surface area contributed by atoms with Crippen LogP contribution in [0.5, 0.6) is 5.75 Å². The number of rotatable bonds is 11. The number of hydrogen-bond donors (Lipinski definition) is 3. The van der Waals surface area contributed by atoms with Crippen molar-refractivity contribution in [3.63, 3.8) is 0 Å². The van der Waals surface area contributed by atoms with Crippen LogP contribution in [0.25, 0.3) is 6.08 Å². The van der Waals surface area contributed by atoms with Crippen LogP contribution in [0.4, 0.5) is 13.2 Å². The normalized spacial score (nSPS) is 17.8. The molecule has 1 spiro atoms. The van der Waals surface area contributed by atoms with Gasteiger partial charge in [-0.15, -0.1) is 13.2 Å². The third-order valence-corrected chi connectivity index (χ3v) is 10.1. The van der Waals surface area contributed by atoms with Gasteiger partial charge in [0, 0.05) is 37.2 Å². The van der Waals surface area contributed by atoms with Crippen molar-refractivity contribution < 1.29 is 44.6 Å². The molecule has 0 bridgehead atoms. The van der Waals surface area contributed by atoms with E-state index in [1.54, 1.807) is 6.92 Å². The second-order valence-corrected chi connectivity index (χ2v) is 13.7. The summed E-state index contributed by atoms with van der Waals surface area (Å²) >= 11 is 0. The Morgan fingerprint density at radius 1 is 1.12 bits per heavy atom. The van der Waals surface area contributed by atoms with Gasteiger partial charge in [-0.25, -0.2) is 21.6 Å². The molecular formula is C27H31F3N4O7S2. The number of nitrogens with zero attached hydrogens (tertiary/aromatic N) is 2. The average Bonchev–Trinajstić information content (AvgIpc) is 3.25. The van der Waals surface area contributed by atoms with Gasteiger partial charge in [0.1, 0.15) is 17.1 Å². The Labute approximate surface area is 247 Å². The van der Waals surface area contributed by atoms with E-state index in [0.717, 1.165) is 17.5 Å². The highest BCUT2D eigenvalue weighted by atomic mass is 32.2. The van der Waals surface area contributed by atoms with Crippen LogP contribution < -0.4 is 14.8 Å². The number of ether oxygens (including phenoxy) is 1. The Balaban J connectivity index is 1.41. The molecule has 16 heteroatoms. The van der Waals surface area contributed by atoms with E-state index in [9.17, 15) is 34.8 Å². The number of unbranched alkanes of at least 4 members (excludes halogenated alkanes) is 1. The van der Waals surface area contributed by atoms with Crippen molar-refractivity contribution >= 4 is 37.9 Å². The minimum Gasteiger partial charge on any atom is -0.406 e. The molecule has 43 heavy (non-hydrogen) atoms. The van der Waals surface area contributed by atoms with Gasteiger partial charge >= 0.3 is 6.36 Å². The summed E-state index contributed by atoms with van der Waals surface area (Å²) < 4.78 is 96.6. The molecule has 2 aromatic carbocycles. The first-order valence-electron chi connectivity index (χ1n) is 13.3. The number of hydrogen-bond acceptors (Lipinski definition) is 8. The number of piperidine rings is 1. The zero-order valence-electron chi connectivity index (χ0n) is 23.1. The first-order chi connectivity index (χ1) is 20.1. The lowest BCUT2D eigenvalue weighted by Crippen LogP contribution is -2.50. The molecule has 2 aromatic rings. The van der Waals surface area contributed by atoms with E-state index >= 15 is 0 Å². The average molecular weight is 645 g/mol. The molecule has 1 fully saturated rings. The second-order valence-electron chi connectivity index (χ2n) is 10.1. The maximum Gasteiger partial charge on any atom is 0.573 e. The van der Waals surface area contributed by atoms with Gasteiger partial charge in [-0.2, -0.15) is 4.31 Å². The number of aliphatic imine (C=N–C) groups is 1. The SMILES string of the molecule is Cc1cc(S(=O)(=O)NCCCCO)ccc1C=CS(=O)(=O)N1CCC2(CC1)N=C(c1cccc(OC(F)(F)F)c1)NC2=O. The van der Waals surface area contributed by atoms with Gasteiger partial charge in [-0.3, -0.25) is 9.79 Å². The zero-order valence-corrected chi connectivity index (χ0v) is 24.7. The molecule has 0 aromatic heterocycles. The molecule has 0 saturated carbocycles. The Kier molecular flexibility index (Phi) is 9.66. The summed E-state index contributed by atoms with van der Waals surface area (Å²) in [5.41, 5.74) is 0.00115. The van der Waals surface area contributed by atoms with Gasteiger partial charge < -0.3 is 15.2 Å². The number of aryl methyl sites for hydroxylation is 1. The van der Waals surface area contributed by atoms with Crippen molar-refractivity contribution in [2.75, 3.05) is 26.2 Å². The smallest absolute Gasteiger partial charge is 0.406 e. The molecule has 0 unspecified atom stereocenters. The number of aliphatic hydroxyl groups is 1. The van der Waals surface area contributed by atoms with E-state index in [4.69, 9.17) is 5.11 Å². The molecule has 2 aliphatic rings. The Morgan fingerprint density at radius 3 is 2.49 bits per heavy atom. The zero-order chi connectivity index (χ0) is 31.5. The van der Waals surface area contributed by atoms with Crippen LogP contribution in [-0.2, 0) is 24.8 Å². The molecule has 1 saturated heterocycles. The summed E-state index contributed by atoms with van der Waals surface area (Å²) in [5.74, 6) is -0.853. The fourth-order valence-electron chi connectivity index (χ4n) is 4.72. The summed E-state index contributed by atoms with van der Waals surface area (Å²) in [6.45, 7) is 1.76. The minimum atomic E-state index is -4.88. The first kappa shape index (κ1) is 32.6. The van der Waals surface area contributed by atoms with Gasteiger partial charge in [0.15, 0.2) is 0 Å². The number of carbonyl (C=O) groups is 1. The monoisotopic (exact) mass is 644 g/mol. The van der Waals surface area contributed by atoms with E-state index in [0.29, 0.717) is 24.0 Å². The van der Waals surface area contributed by atoms with Crippen LogP contribution >= 0.6 is 0 Å². The van der Waals surface area contributed by atoms with Crippen LogP contribution in [-0.4, -0.2) is 76.1 Å². The van der Waals surface area contributed by atoms with Gasteiger partial charge in [-0.05, 0) is 74.1 Å². The Morgan fingerprint density at radius 2 is 1.84 bits per heavy atom. The number of benzene rings is 2. The van der Waals surface area contributed by atoms with E-state index in [-0.39, 0.29) is 55.4 Å². The highest BCUT2D eigenvalue weighted by Gasteiger charge is 2.47. The molecule has 2 aliphatic heterocycles. The van der Waals surface area contributed by atoms with E-state index < -0.39 is 43.6 Å². The third-order valence-electron chi connectivity index (χ3n) is 7.08. The third kappa shape index (κ3) is 8.00. The van der Waals surface area contributed by atoms with Crippen LogP contribution in [0, 0.1) is 6.92 Å². The quantitative estimate of drug-likeness (QED) is 0.318. The number of amides is 1. The van der Waals surface area contributed by atoms with Gasteiger partial charge in [0.25, 0.3) is 5.91 Å². The molecule has 0 aliphatic carbocycles. The lowest BCUT2D eigenvalue weighted by Gasteiger charge is -2.34. The van der Waals surface area contributed by atoms with Crippen molar-refractivity contribution in [1.29, 1.82) is 0 Å². The summed E-state index contributed by atoms with van der Waals surface area (Å²) in [6, 6.07) is 9.36. The topological polar surface area (TPSA) is 154 Å². The predicted octanol–water partition coefficient (Wildman–Crippen LogP) is 2.66. The molecule has 0 radical (unpaired) electrons. The number of carbonyl (C=O) groups excluding carboxylic acids is 1. The highest BCUT2D eigenvalue weighted by Crippen LogP contribution is 2.33. The number of halogens is 3. The largest absolute Gasteiger partial charge is 0.573 e. The standard InChI is InChI=1S/C27H31F3N4O7S2/c1-19-17-23(43(39,40)31-12-2-3-15-35)8-7-20(19)9-16-42(37,38)34-13-10-26(11-14-34)25(36)32-24(33-26)21-5-4-6-22(18-21)41-27(28,29)30/h4-9,16-18,31,35H,2-3,10-15H2,1H3,(H,32,33,36). The highest BCUT2D eigenvalue weighted by molar-refractivity contribution is 7.92. The summed E-state index contributed by atoms with van der Waals surface area (Å²) in [7, 11) is -7.67. The molecular weight excluding hydrogens is 613 g/mol. The van der Waals surface area contributed by atoms with Crippen LogP contribution in [0.15, 0.2) is 57.8 Å². The number of aliphatic hydroxyl groups excluding tert-OH is 1. The summed E-state index contributed by atoms with van der Waals surface area (Å²) in [5, 5.41) is 12.4. The van der Waals surface area contributed by atoms with E-state index in [1.807, 2.05) is 0 Å². The molecule has 3 N–H and O–H groups in total. The molecule has 234 valence electrons. The fourth-order valence-corrected chi connectivity index (χ4v) is 7.06. The first-order valence-corrected chi connectivity index (χ1v) is 16.3. The number of alkyl halides is 3. The maximum absolute atomic E-state index is 13.1. The van der Waals surface area contributed by atoms with Crippen molar-refractivity contribution in [1.82, 2.24) is 14.3 Å². The van der Waals surface area contributed by atoms with Crippen molar-refractivity contribution in [2.45, 2.75) is 49.4 Å². The summed E-state index contributed by atoms with van der Waals surface area (Å²) in [6.07, 6.45) is -2.44. The van der Waals surface area contributed by atoms with Crippen molar-refractivity contribution in [3.8, 4) is 5.75 Å². The van der Waals surface area contributed by atoms with Crippen molar-refractivity contribution in [3.05, 3.63) is 64.6 Å². The molecule has 2 heterocycles. The summed E-state index contributed by atoms with van der Waals surface area (Å²) in [4.78, 5) is 17.4. The maximum atomic E-state index is 13.1. The predicted molar refractivity (Wildman–Crippen MR) is 152 cm³/mol.